The number of pyridine rings is 2. The maximum atomic E-state index is 14.7. The van der Waals surface area contributed by atoms with Crippen LogP contribution in [0.25, 0.3) is 21.8 Å². The smallest absolute Gasteiger partial charge is 0.266 e. The van der Waals surface area contributed by atoms with Crippen LogP contribution in [0.3, 0.4) is 0 Å². The molecule has 6 aromatic rings. The van der Waals surface area contributed by atoms with Crippen LogP contribution in [0.2, 0.25) is 0 Å². The third kappa shape index (κ3) is 10.3. The van der Waals surface area contributed by atoms with E-state index in [1.165, 1.54) is 24.3 Å². The molecule has 0 saturated carbocycles. The minimum Gasteiger partial charge on any atom is -0.369 e. The summed E-state index contributed by atoms with van der Waals surface area (Å²) in [6.45, 7) is 14.2. The van der Waals surface area contributed by atoms with Crippen molar-refractivity contribution in [3.8, 4) is 0 Å². The van der Waals surface area contributed by atoms with Gasteiger partial charge in [0.25, 0.3) is 12.9 Å². The number of aryl methyl sites for hydroxylation is 2. The maximum Gasteiger partial charge on any atom is 0.266 e. The molecule has 66 heavy (non-hydrogen) atoms. The number of nitrogens with one attached hydrogen (secondary N) is 2. The minimum absolute atomic E-state index is 0.117. The number of fused-ring (bicyclic) bond motifs is 2. The third-order valence-corrected chi connectivity index (χ3v) is 12.4. The minimum atomic E-state index is -2.90. The topological polar surface area (TPSA) is 154 Å². The highest BCUT2D eigenvalue weighted by Gasteiger charge is 2.29. The number of halogens is 6. The lowest BCUT2D eigenvalue weighted by molar-refractivity contribution is -0.122. The van der Waals surface area contributed by atoms with Crippen LogP contribution < -0.4 is 26.2 Å². The van der Waals surface area contributed by atoms with Crippen molar-refractivity contribution >= 4 is 51.0 Å². The van der Waals surface area contributed by atoms with Crippen LogP contribution in [-0.4, -0.2) is 86.0 Å². The summed E-state index contributed by atoms with van der Waals surface area (Å²) in [4.78, 5) is 45.3. The molecule has 350 valence electrons. The molecule has 19 heteroatoms. The molecule has 2 aliphatic rings. The second-order valence-corrected chi connectivity index (χ2v) is 17.1. The van der Waals surface area contributed by atoms with Gasteiger partial charge in [0.1, 0.15) is 46.6 Å². The first-order valence-corrected chi connectivity index (χ1v) is 21.9. The zero-order valence-electron chi connectivity index (χ0n) is 37.8. The lowest BCUT2D eigenvalue weighted by atomic mass is 9.97. The van der Waals surface area contributed by atoms with Crippen molar-refractivity contribution in [3.63, 3.8) is 0 Å². The normalized spacial score (nSPS) is 18.9. The summed E-state index contributed by atoms with van der Waals surface area (Å²) in [6.07, 6.45) is -0.862. The summed E-state index contributed by atoms with van der Waals surface area (Å²) in [5.74, 6) is 1.06. The Balaban J connectivity index is 0.000000196. The molecule has 1 amide bonds. The van der Waals surface area contributed by atoms with Gasteiger partial charge in [-0.15, -0.1) is 0 Å². The van der Waals surface area contributed by atoms with Crippen LogP contribution in [0.5, 0.6) is 0 Å². The first-order valence-electron chi connectivity index (χ1n) is 21.9. The number of amides is 1. The summed E-state index contributed by atoms with van der Waals surface area (Å²) in [5, 5.41) is 7.77. The number of primary amides is 1. The quantitative estimate of drug-likeness (QED) is 0.106. The summed E-state index contributed by atoms with van der Waals surface area (Å²) in [7, 11) is 2.13. The molecule has 0 spiro atoms. The zero-order valence-corrected chi connectivity index (χ0v) is 37.8. The number of piperidine rings is 1. The first-order chi connectivity index (χ1) is 31.4. The molecule has 6 heterocycles. The van der Waals surface area contributed by atoms with E-state index in [1.54, 1.807) is 40.1 Å². The van der Waals surface area contributed by atoms with E-state index >= 15 is 0 Å². The summed E-state index contributed by atoms with van der Waals surface area (Å²) < 4.78 is 82.0. The molecule has 2 fully saturated rings. The predicted molar refractivity (Wildman–Crippen MR) is 244 cm³/mol. The lowest BCUT2D eigenvalue weighted by Gasteiger charge is -2.43. The largest absolute Gasteiger partial charge is 0.369 e. The fourth-order valence-electron chi connectivity index (χ4n) is 8.56. The Morgan fingerprint density at radius 2 is 1.14 bits per heavy atom. The maximum absolute atomic E-state index is 14.7. The van der Waals surface area contributed by atoms with Crippen LogP contribution in [0.15, 0.2) is 60.9 Å². The molecule has 0 unspecified atom stereocenters. The Kier molecular flexibility index (Phi) is 14.4. The van der Waals surface area contributed by atoms with Gasteiger partial charge < -0.3 is 26.2 Å². The van der Waals surface area contributed by atoms with E-state index in [1.807, 2.05) is 17.0 Å². The van der Waals surface area contributed by atoms with Gasteiger partial charge in [-0.3, -0.25) is 9.69 Å². The lowest BCUT2D eigenvalue weighted by Crippen LogP contribution is -2.55. The number of nitrogens with two attached hydrogens (primary N) is 1. The number of piperazine rings is 1. The monoisotopic (exact) mass is 916 g/mol. The second kappa shape index (κ2) is 20.0. The number of likely N-dealkylation sites (N-methyl/N-ethyl adjacent to an activating group) is 1. The highest BCUT2D eigenvalue weighted by molar-refractivity contribution is 5.91. The molecule has 2 aliphatic heterocycles. The number of rotatable bonds is 11. The Labute approximate surface area is 379 Å². The Hall–Kier alpha value is -6.37. The van der Waals surface area contributed by atoms with Crippen molar-refractivity contribution in [3.05, 3.63) is 106 Å². The summed E-state index contributed by atoms with van der Waals surface area (Å²) in [6, 6.07) is 11.3. The van der Waals surface area contributed by atoms with E-state index in [2.05, 4.69) is 71.2 Å². The van der Waals surface area contributed by atoms with Gasteiger partial charge in [-0.25, -0.2) is 56.2 Å². The number of anilines is 4. The Morgan fingerprint density at radius 3 is 1.58 bits per heavy atom. The van der Waals surface area contributed by atoms with Crippen LogP contribution in [-0.2, 0) is 4.79 Å². The fourth-order valence-corrected chi connectivity index (χ4v) is 8.56. The SMILES string of the molecule is Cc1nc(N[C@H](C)c2cccc(C(F)F)c2F)c2cc(N3CCC[C@H](C(N)=O)C3)ncc2n1.Cc1nc(N[C@H](C)c2cccc(C(F)F)c2F)c2cc(N3C[C@@H](C)N(C)[C@@H](C)C3)ncc2n1. The van der Waals surface area contributed by atoms with E-state index in [9.17, 15) is 31.1 Å². The molecule has 5 atom stereocenters. The molecule has 4 N–H and O–H groups in total. The molecule has 2 aromatic carbocycles. The van der Waals surface area contributed by atoms with Gasteiger partial charge in [-0.1, -0.05) is 36.4 Å². The predicted octanol–water partition coefficient (Wildman–Crippen LogP) is 9.40. The van der Waals surface area contributed by atoms with Gasteiger partial charge in [-0.2, -0.15) is 0 Å². The van der Waals surface area contributed by atoms with E-state index in [0.29, 0.717) is 64.2 Å². The Morgan fingerprint density at radius 1 is 0.697 bits per heavy atom. The molecule has 4 aromatic heterocycles. The Bertz CT molecular complexity index is 2700. The number of alkyl halides is 4. The highest BCUT2D eigenvalue weighted by Crippen LogP contribution is 2.34. The molecule has 0 aliphatic carbocycles. The van der Waals surface area contributed by atoms with Gasteiger partial charge >= 0.3 is 0 Å². The number of nitrogens with zero attached hydrogens (tertiary/aromatic N) is 9. The number of carbonyl (C=O) groups excluding carboxylic acids is 1. The fraction of sp³-hybridized carbons (Fsp3) is 0.426. The summed E-state index contributed by atoms with van der Waals surface area (Å²) in [5.41, 5.74) is 5.79. The van der Waals surface area contributed by atoms with Gasteiger partial charge in [0.05, 0.1) is 52.6 Å². The zero-order chi connectivity index (χ0) is 47.6. The van der Waals surface area contributed by atoms with Crippen molar-refractivity contribution in [2.24, 2.45) is 11.7 Å². The third-order valence-electron chi connectivity index (χ3n) is 12.4. The van der Waals surface area contributed by atoms with Crippen LogP contribution in [0.4, 0.5) is 49.6 Å². The number of carbonyl (C=O) groups is 1. The molecular formula is C47H54F6N12O. The van der Waals surface area contributed by atoms with Crippen molar-refractivity contribution in [2.45, 2.75) is 91.4 Å². The number of benzene rings is 2. The molecule has 2 saturated heterocycles. The van der Waals surface area contributed by atoms with E-state index in [-0.39, 0.29) is 23.0 Å². The van der Waals surface area contributed by atoms with Crippen LogP contribution in [0, 0.1) is 31.4 Å². The van der Waals surface area contributed by atoms with Crippen molar-refractivity contribution in [2.75, 3.05) is 53.7 Å². The van der Waals surface area contributed by atoms with Crippen molar-refractivity contribution < 1.29 is 31.1 Å². The van der Waals surface area contributed by atoms with Gasteiger partial charge in [0.2, 0.25) is 5.91 Å². The van der Waals surface area contributed by atoms with Gasteiger partial charge in [-0.05, 0) is 73.6 Å². The van der Waals surface area contributed by atoms with Crippen LogP contribution >= 0.6 is 0 Å². The van der Waals surface area contributed by atoms with Crippen LogP contribution in [0.1, 0.15) is 99.4 Å². The number of hydrogen-bond acceptors (Lipinski definition) is 12. The molecule has 0 radical (unpaired) electrons. The second-order valence-electron chi connectivity index (χ2n) is 17.1. The standard InChI is InChI=1S/C24H29F3N6.C23H25F3N6O/c1-13-11-33(12-14(2)32(13)5)21-9-19-20(10-28-21)30-16(4)31-24(19)29-15(3)17-7-6-8-18(22(17)25)23(26)27;1-12(15-6-3-7-16(20(15)24)21(25)26)29-23-17-9-19(28-10-18(17)30-13(2)31-23)32-8-4-5-14(11-32)22(27)33/h6-10,13-15,23H,11-12H2,1-5H3,(H,29,30,31);3,6-7,9-10,12,14,21H,4-5,8,11H2,1-2H3,(H2,27,33)(H,29,30,31)/t13-,14+,15-;12-,14+/m11/s1. The van der Waals surface area contributed by atoms with Gasteiger partial charge in [0, 0.05) is 60.2 Å². The first kappa shape index (κ1) is 47.6. The molecule has 0 bridgehead atoms. The molecular weight excluding hydrogens is 863 g/mol. The molecule has 8 rings (SSSR count). The van der Waals surface area contributed by atoms with E-state index in [0.717, 1.165) is 55.8 Å². The average Bonchev–Trinajstić information content (AvgIpc) is 3.27. The summed E-state index contributed by atoms with van der Waals surface area (Å²) >= 11 is 0. The number of hydrogen-bond donors (Lipinski definition) is 3. The number of aromatic nitrogens is 6. The van der Waals surface area contributed by atoms with E-state index in [4.69, 9.17) is 5.73 Å². The highest BCUT2D eigenvalue weighted by atomic mass is 19.3. The van der Waals surface area contributed by atoms with Crippen molar-refractivity contribution in [1.29, 1.82) is 0 Å². The van der Waals surface area contributed by atoms with E-state index < -0.39 is 47.7 Å². The average molecular weight is 917 g/mol. The molecule has 13 nitrogen and oxygen atoms in total. The van der Waals surface area contributed by atoms with Gasteiger partial charge in [0.15, 0.2) is 0 Å². The van der Waals surface area contributed by atoms with Crippen molar-refractivity contribution in [1.82, 2.24) is 34.8 Å².